The molecule has 2 heterocycles. The van der Waals surface area contributed by atoms with E-state index >= 15 is 0 Å². The van der Waals surface area contributed by atoms with Gasteiger partial charge < -0.3 is 9.64 Å². The molecule has 2 aliphatic heterocycles. The standard InChI is InChI=1S/C14H26N2O2/c1-14(2,3)11-15-6-8-16(9-7-15)13(17)12-5-4-10-18-12/h12H,4-11H2,1-3H3. The molecule has 0 aliphatic carbocycles. The summed E-state index contributed by atoms with van der Waals surface area (Å²) in [4.78, 5) is 16.6. The van der Waals surface area contributed by atoms with Gasteiger partial charge in [0.25, 0.3) is 5.91 Å². The zero-order valence-corrected chi connectivity index (χ0v) is 11.9. The van der Waals surface area contributed by atoms with Crippen molar-refractivity contribution in [3.05, 3.63) is 0 Å². The van der Waals surface area contributed by atoms with Crippen LogP contribution >= 0.6 is 0 Å². The largest absolute Gasteiger partial charge is 0.368 e. The second-order valence-electron chi connectivity index (χ2n) is 6.66. The third-order valence-corrected chi connectivity index (χ3v) is 3.59. The molecule has 104 valence electrons. The number of rotatable bonds is 2. The SMILES string of the molecule is CC(C)(C)CN1CCN(C(=O)C2CCCO2)CC1. The van der Waals surface area contributed by atoms with Crippen LogP contribution in [0, 0.1) is 5.41 Å². The maximum absolute atomic E-state index is 12.2. The number of carbonyl (C=O) groups excluding carboxylic acids is 1. The van der Waals surface area contributed by atoms with Gasteiger partial charge in [0.2, 0.25) is 0 Å². The van der Waals surface area contributed by atoms with E-state index in [1.54, 1.807) is 0 Å². The molecule has 0 bridgehead atoms. The minimum atomic E-state index is -0.154. The molecular formula is C14H26N2O2. The quantitative estimate of drug-likeness (QED) is 0.746. The lowest BCUT2D eigenvalue weighted by Crippen LogP contribution is -2.52. The summed E-state index contributed by atoms with van der Waals surface area (Å²) >= 11 is 0. The fourth-order valence-corrected chi connectivity index (χ4v) is 2.77. The van der Waals surface area contributed by atoms with Gasteiger partial charge in [0, 0.05) is 39.3 Å². The molecule has 0 spiro atoms. The molecule has 2 fully saturated rings. The first-order chi connectivity index (χ1) is 8.46. The number of nitrogens with zero attached hydrogens (tertiary/aromatic N) is 2. The highest BCUT2D eigenvalue weighted by Gasteiger charge is 2.30. The summed E-state index contributed by atoms with van der Waals surface area (Å²) in [5.74, 6) is 0.211. The Kier molecular flexibility index (Phi) is 4.28. The van der Waals surface area contributed by atoms with Crippen molar-refractivity contribution in [1.82, 2.24) is 9.80 Å². The summed E-state index contributed by atoms with van der Waals surface area (Å²) in [6, 6.07) is 0. The van der Waals surface area contributed by atoms with Crippen LogP contribution in [0.3, 0.4) is 0 Å². The zero-order valence-electron chi connectivity index (χ0n) is 11.9. The van der Waals surface area contributed by atoms with Gasteiger partial charge in [-0.3, -0.25) is 9.69 Å². The monoisotopic (exact) mass is 254 g/mol. The molecule has 4 nitrogen and oxygen atoms in total. The van der Waals surface area contributed by atoms with Crippen molar-refractivity contribution in [2.24, 2.45) is 5.41 Å². The molecule has 2 aliphatic rings. The topological polar surface area (TPSA) is 32.8 Å². The van der Waals surface area contributed by atoms with Crippen molar-refractivity contribution in [2.75, 3.05) is 39.3 Å². The van der Waals surface area contributed by atoms with Gasteiger partial charge >= 0.3 is 0 Å². The summed E-state index contributed by atoms with van der Waals surface area (Å²) in [6.07, 6.45) is 1.78. The van der Waals surface area contributed by atoms with Gasteiger partial charge in [0.15, 0.2) is 0 Å². The first-order valence-electron chi connectivity index (χ1n) is 7.08. The van der Waals surface area contributed by atoms with Crippen molar-refractivity contribution in [3.8, 4) is 0 Å². The highest BCUT2D eigenvalue weighted by Crippen LogP contribution is 2.18. The van der Waals surface area contributed by atoms with E-state index < -0.39 is 0 Å². The van der Waals surface area contributed by atoms with E-state index in [2.05, 4.69) is 25.7 Å². The highest BCUT2D eigenvalue weighted by atomic mass is 16.5. The van der Waals surface area contributed by atoms with Gasteiger partial charge in [-0.25, -0.2) is 0 Å². The van der Waals surface area contributed by atoms with Gasteiger partial charge in [-0.2, -0.15) is 0 Å². The fourth-order valence-electron chi connectivity index (χ4n) is 2.77. The van der Waals surface area contributed by atoms with E-state index in [4.69, 9.17) is 4.74 Å². The normalized spacial score (nSPS) is 26.6. The van der Waals surface area contributed by atoms with Crippen molar-refractivity contribution >= 4 is 5.91 Å². The lowest BCUT2D eigenvalue weighted by molar-refractivity contribution is -0.142. The number of carbonyl (C=O) groups is 1. The molecule has 0 N–H and O–H groups in total. The van der Waals surface area contributed by atoms with Crippen LogP contribution in [0.1, 0.15) is 33.6 Å². The molecule has 0 aromatic heterocycles. The molecule has 1 amide bonds. The van der Waals surface area contributed by atoms with Gasteiger partial charge in [-0.15, -0.1) is 0 Å². The third-order valence-electron chi connectivity index (χ3n) is 3.59. The Morgan fingerprint density at radius 3 is 2.39 bits per heavy atom. The number of amides is 1. The van der Waals surface area contributed by atoms with Gasteiger partial charge in [0.05, 0.1) is 0 Å². The molecule has 2 rings (SSSR count). The van der Waals surface area contributed by atoms with Gasteiger partial charge in [-0.1, -0.05) is 20.8 Å². The molecule has 0 aromatic rings. The Balaban J connectivity index is 1.77. The van der Waals surface area contributed by atoms with Crippen LogP contribution < -0.4 is 0 Å². The van der Waals surface area contributed by atoms with Gasteiger partial charge in [-0.05, 0) is 18.3 Å². The van der Waals surface area contributed by atoms with Crippen LogP contribution in [-0.4, -0.2) is 61.1 Å². The Morgan fingerprint density at radius 1 is 1.22 bits per heavy atom. The van der Waals surface area contributed by atoms with E-state index in [1.807, 2.05) is 4.90 Å². The lowest BCUT2D eigenvalue weighted by Gasteiger charge is -2.38. The summed E-state index contributed by atoms with van der Waals surface area (Å²) in [5.41, 5.74) is 0.334. The van der Waals surface area contributed by atoms with Crippen molar-refractivity contribution < 1.29 is 9.53 Å². The minimum absolute atomic E-state index is 0.154. The number of piperazine rings is 1. The summed E-state index contributed by atoms with van der Waals surface area (Å²) in [5, 5.41) is 0. The Hall–Kier alpha value is -0.610. The van der Waals surface area contributed by atoms with Crippen LogP contribution in [0.15, 0.2) is 0 Å². The van der Waals surface area contributed by atoms with Crippen molar-refractivity contribution in [3.63, 3.8) is 0 Å². The number of hydrogen-bond donors (Lipinski definition) is 0. The van der Waals surface area contributed by atoms with Crippen molar-refractivity contribution in [2.45, 2.75) is 39.7 Å². The predicted octanol–water partition coefficient (Wildman–Crippen LogP) is 1.36. The molecule has 0 aromatic carbocycles. The third kappa shape index (κ3) is 3.69. The zero-order chi connectivity index (χ0) is 13.2. The summed E-state index contributed by atoms with van der Waals surface area (Å²) in [7, 11) is 0. The minimum Gasteiger partial charge on any atom is -0.368 e. The van der Waals surface area contributed by atoms with Crippen LogP contribution in [0.25, 0.3) is 0 Å². The van der Waals surface area contributed by atoms with Gasteiger partial charge in [0.1, 0.15) is 6.10 Å². The smallest absolute Gasteiger partial charge is 0.251 e. The van der Waals surface area contributed by atoms with Crippen LogP contribution in [0.5, 0.6) is 0 Å². The summed E-state index contributed by atoms with van der Waals surface area (Å²) < 4.78 is 5.47. The molecule has 0 radical (unpaired) electrons. The van der Waals surface area contributed by atoms with E-state index in [9.17, 15) is 4.79 Å². The Morgan fingerprint density at radius 2 is 1.89 bits per heavy atom. The van der Waals surface area contributed by atoms with Crippen LogP contribution in [-0.2, 0) is 9.53 Å². The van der Waals surface area contributed by atoms with Crippen LogP contribution in [0.4, 0.5) is 0 Å². The average molecular weight is 254 g/mol. The second kappa shape index (κ2) is 5.57. The van der Waals surface area contributed by atoms with Crippen LogP contribution in [0.2, 0.25) is 0 Å². The first-order valence-corrected chi connectivity index (χ1v) is 7.08. The molecule has 18 heavy (non-hydrogen) atoms. The fraction of sp³-hybridized carbons (Fsp3) is 0.929. The summed E-state index contributed by atoms with van der Waals surface area (Å²) in [6.45, 7) is 12.3. The molecule has 1 atom stereocenters. The number of ether oxygens (including phenoxy) is 1. The maximum atomic E-state index is 12.2. The maximum Gasteiger partial charge on any atom is 0.251 e. The van der Waals surface area contributed by atoms with Crippen molar-refractivity contribution in [1.29, 1.82) is 0 Å². The number of hydrogen-bond acceptors (Lipinski definition) is 3. The molecule has 1 unspecified atom stereocenters. The first kappa shape index (κ1) is 13.8. The van der Waals surface area contributed by atoms with E-state index in [1.165, 1.54) is 0 Å². The van der Waals surface area contributed by atoms with E-state index in [0.717, 1.165) is 52.2 Å². The Labute approximate surface area is 110 Å². The lowest BCUT2D eigenvalue weighted by atomic mass is 9.96. The second-order valence-corrected chi connectivity index (χ2v) is 6.66. The Bertz CT molecular complexity index is 285. The molecule has 2 saturated heterocycles. The predicted molar refractivity (Wildman–Crippen MR) is 71.4 cm³/mol. The molecular weight excluding hydrogens is 228 g/mol. The van der Waals surface area contributed by atoms with E-state index in [-0.39, 0.29) is 12.0 Å². The van der Waals surface area contributed by atoms with E-state index in [0.29, 0.717) is 5.41 Å². The highest BCUT2D eigenvalue weighted by molar-refractivity contribution is 5.81. The molecule has 4 heteroatoms. The molecule has 0 saturated carbocycles. The average Bonchev–Trinajstić information content (AvgIpc) is 2.80.